The summed E-state index contributed by atoms with van der Waals surface area (Å²) < 4.78 is 5.13. The summed E-state index contributed by atoms with van der Waals surface area (Å²) in [6, 6.07) is 3.32. The summed E-state index contributed by atoms with van der Waals surface area (Å²) in [6.45, 7) is 1.37. The van der Waals surface area contributed by atoms with Crippen molar-refractivity contribution in [1.82, 2.24) is 14.8 Å². The molecule has 3 heterocycles. The van der Waals surface area contributed by atoms with E-state index in [1.807, 2.05) is 0 Å². The second kappa shape index (κ2) is 6.39. The van der Waals surface area contributed by atoms with Crippen molar-refractivity contribution in [3.05, 3.63) is 24.0 Å². The van der Waals surface area contributed by atoms with Crippen LogP contribution in [0.15, 0.2) is 18.3 Å². The Balaban J connectivity index is 1.70. The molecule has 2 aliphatic heterocycles. The van der Waals surface area contributed by atoms with Crippen molar-refractivity contribution in [2.75, 3.05) is 33.8 Å². The average Bonchev–Trinajstić information content (AvgIpc) is 2.60. The van der Waals surface area contributed by atoms with Gasteiger partial charge < -0.3 is 19.6 Å². The first kappa shape index (κ1) is 16.7. The number of nitrogens with zero attached hydrogens (tertiary/aromatic N) is 3. The number of ether oxygens (including phenoxy) is 1. The van der Waals surface area contributed by atoms with E-state index in [-0.39, 0.29) is 11.8 Å². The van der Waals surface area contributed by atoms with Crippen LogP contribution in [0.2, 0.25) is 0 Å². The monoisotopic (exact) mass is 333 g/mol. The number of piperidine rings is 2. The van der Waals surface area contributed by atoms with Crippen LogP contribution in [-0.2, 0) is 4.79 Å². The topological polar surface area (TPSA) is 83.0 Å². The van der Waals surface area contributed by atoms with Crippen LogP contribution in [0.5, 0.6) is 5.75 Å². The number of methoxy groups -OCH3 is 1. The molecule has 1 spiro atoms. The first-order chi connectivity index (χ1) is 11.4. The first-order valence-electron chi connectivity index (χ1n) is 8.18. The van der Waals surface area contributed by atoms with Crippen LogP contribution in [0.4, 0.5) is 0 Å². The molecule has 0 bridgehead atoms. The molecule has 1 N–H and O–H groups in total. The Morgan fingerprint density at radius 1 is 1.42 bits per heavy atom. The molecule has 0 aliphatic carbocycles. The highest BCUT2D eigenvalue weighted by Gasteiger charge is 2.48. The lowest BCUT2D eigenvalue weighted by Gasteiger charge is -2.46. The van der Waals surface area contributed by atoms with Gasteiger partial charge in [-0.3, -0.25) is 14.6 Å². The van der Waals surface area contributed by atoms with Gasteiger partial charge in [-0.15, -0.1) is 0 Å². The zero-order chi connectivity index (χ0) is 17.3. The second-order valence-electron chi connectivity index (χ2n) is 6.70. The van der Waals surface area contributed by atoms with Gasteiger partial charge >= 0.3 is 0 Å². The number of likely N-dealkylation sites (tertiary alicyclic amines) is 2. The fraction of sp³-hybridized carbons (Fsp3) is 0.588. The SMILES string of the molecule is COc1ccnc(C(=O)N2CCC3(CC2)CC(O)CN(C)C3=O)c1. The van der Waals surface area contributed by atoms with E-state index in [1.54, 1.807) is 42.3 Å². The highest BCUT2D eigenvalue weighted by Crippen LogP contribution is 2.40. The molecule has 1 unspecified atom stereocenters. The number of aliphatic hydroxyl groups is 1. The molecule has 3 rings (SSSR count). The van der Waals surface area contributed by atoms with Gasteiger partial charge in [0.15, 0.2) is 0 Å². The van der Waals surface area contributed by atoms with Crippen LogP contribution in [0.3, 0.4) is 0 Å². The van der Waals surface area contributed by atoms with Crippen LogP contribution in [0, 0.1) is 5.41 Å². The Bertz CT molecular complexity index is 640. The number of amides is 2. The van der Waals surface area contributed by atoms with E-state index >= 15 is 0 Å². The quantitative estimate of drug-likeness (QED) is 0.854. The van der Waals surface area contributed by atoms with E-state index < -0.39 is 11.5 Å². The summed E-state index contributed by atoms with van der Waals surface area (Å²) in [6.07, 6.45) is 2.68. The van der Waals surface area contributed by atoms with Gasteiger partial charge in [-0.25, -0.2) is 0 Å². The number of carbonyl (C=O) groups excluding carboxylic acids is 2. The standard InChI is InChI=1S/C17H23N3O4/c1-19-11-12(21)10-17(16(19)23)4-7-20(8-5-17)15(22)14-9-13(24-2)3-6-18-14/h3,6,9,12,21H,4-5,7-8,10-11H2,1-2H3. The molecule has 2 saturated heterocycles. The summed E-state index contributed by atoms with van der Waals surface area (Å²) in [4.78, 5) is 32.6. The Morgan fingerprint density at radius 3 is 2.79 bits per heavy atom. The Morgan fingerprint density at radius 2 is 2.12 bits per heavy atom. The van der Waals surface area contributed by atoms with Crippen LogP contribution in [-0.4, -0.2) is 71.6 Å². The lowest BCUT2D eigenvalue weighted by Crippen LogP contribution is -2.56. The summed E-state index contributed by atoms with van der Waals surface area (Å²) in [5, 5.41) is 10.0. The number of pyridine rings is 1. The highest BCUT2D eigenvalue weighted by atomic mass is 16.5. The van der Waals surface area contributed by atoms with Gasteiger partial charge in [0.05, 0.1) is 18.6 Å². The highest BCUT2D eigenvalue weighted by molar-refractivity contribution is 5.93. The predicted molar refractivity (Wildman–Crippen MR) is 86.6 cm³/mol. The van der Waals surface area contributed by atoms with Crippen molar-refractivity contribution in [2.45, 2.75) is 25.4 Å². The van der Waals surface area contributed by atoms with Gasteiger partial charge in [0.25, 0.3) is 5.91 Å². The maximum atomic E-state index is 12.6. The van der Waals surface area contributed by atoms with Crippen molar-refractivity contribution in [2.24, 2.45) is 5.41 Å². The Labute approximate surface area is 141 Å². The molecular formula is C17H23N3O4. The molecule has 1 aromatic heterocycles. The Kier molecular flexibility index (Phi) is 4.45. The molecule has 0 saturated carbocycles. The predicted octanol–water partition coefficient (Wildman–Crippen LogP) is 0.536. The number of likely N-dealkylation sites (N-methyl/N-ethyl adjacent to an activating group) is 1. The molecular weight excluding hydrogens is 310 g/mol. The van der Waals surface area contributed by atoms with Crippen LogP contribution in [0.25, 0.3) is 0 Å². The molecule has 7 nitrogen and oxygen atoms in total. The summed E-state index contributed by atoms with van der Waals surface area (Å²) in [7, 11) is 3.27. The molecule has 1 atom stereocenters. The minimum absolute atomic E-state index is 0.0828. The largest absolute Gasteiger partial charge is 0.497 e. The second-order valence-corrected chi connectivity index (χ2v) is 6.70. The van der Waals surface area contributed by atoms with Gasteiger partial charge in [0.2, 0.25) is 5.91 Å². The molecule has 0 radical (unpaired) electrons. The van der Waals surface area contributed by atoms with Crippen LogP contribution in [0.1, 0.15) is 29.8 Å². The average molecular weight is 333 g/mol. The minimum atomic E-state index is -0.537. The molecule has 1 aromatic rings. The fourth-order valence-corrected chi connectivity index (χ4v) is 3.78. The van der Waals surface area contributed by atoms with Crippen LogP contribution < -0.4 is 4.74 Å². The summed E-state index contributed by atoms with van der Waals surface area (Å²) >= 11 is 0. The molecule has 7 heteroatoms. The molecule has 130 valence electrons. The first-order valence-corrected chi connectivity index (χ1v) is 8.18. The molecule has 0 aromatic carbocycles. The van der Waals surface area contributed by atoms with Gasteiger partial charge in [0.1, 0.15) is 11.4 Å². The number of rotatable bonds is 2. The van der Waals surface area contributed by atoms with Crippen molar-refractivity contribution in [3.63, 3.8) is 0 Å². The van der Waals surface area contributed by atoms with Crippen molar-refractivity contribution in [1.29, 1.82) is 0 Å². The number of aliphatic hydroxyl groups excluding tert-OH is 1. The zero-order valence-electron chi connectivity index (χ0n) is 14.1. The fourth-order valence-electron chi connectivity index (χ4n) is 3.78. The number of aromatic nitrogens is 1. The van der Waals surface area contributed by atoms with E-state index in [0.717, 1.165) is 0 Å². The lowest BCUT2D eigenvalue weighted by atomic mass is 9.71. The van der Waals surface area contributed by atoms with Crippen molar-refractivity contribution < 1.29 is 19.4 Å². The van der Waals surface area contributed by atoms with E-state index in [1.165, 1.54) is 0 Å². The van der Waals surface area contributed by atoms with E-state index in [2.05, 4.69) is 4.98 Å². The lowest BCUT2D eigenvalue weighted by molar-refractivity contribution is -0.154. The maximum Gasteiger partial charge on any atom is 0.272 e. The Hall–Kier alpha value is -2.15. The van der Waals surface area contributed by atoms with Crippen molar-refractivity contribution >= 4 is 11.8 Å². The maximum absolute atomic E-state index is 12.6. The summed E-state index contributed by atoms with van der Waals surface area (Å²) in [5.41, 5.74) is -0.192. The van der Waals surface area contributed by atoms with Crippen molar-refractivity contribution in [3.8, 4) is 5.75 Å². The minimum Gasteiger partial charge on any atom is -0.497 e. The van der Waals surface area contributed by atoms with Gasteiger partial charge in [-0.05, 0) is 25.3 Å². The summed E-state index contributed by atoms with van der Waals surface area (Å²) in [5.74, 6) is 0.523. The smallest absolute Gasteiger partial charge is 0.272 e. The van der Waals surface area contributed by atoms with Crippen LogP contribution >= 0.6 is 0 Å². The molecule has 2 amide bonds. The normalized spacial score (nSPS) is 23.5. The third-order valence-electron chi connectivity index (χ3n) is 5.11. The molecule has 2 aliphatic rings. The molecule has 2 fully saturated rings. The third kappa shape index (κ3) is 2.96. The zero-order valence-corrected chi connectivity index (χ0v) is 14.1. The number of hydrogen-bond donors (Lipinski definition) is 1. The number of hydrogen-bond acceptors (Lipinski definition) is 5. The van der Waals surface area contributed by atoms with Gasteiger partial charge in [0, 0.05) is 38.9 Å². The van der Waals surface area contributed by atoms with E-state index in [0.29, 0.717) is 50.3 Å². The van der Waals surface area contributed by atoms with E-state index in [9.17, 15) is 14.7 Å². The van der Waals surface area contributed by atoms with Gasteiger partial charge in [-0.2, -0.15) is 0 Å². The molecule has 24 heavy (non-hydrogen) atoms. The number of β-amino-alcohol motifs (C(OH)–C–C–N with tert-alkyl or cyclic N) is 1. The third-order valence-corrected chi connectivity index (χ3v) is 5.11. The van der Waals surface area contributed by atoms with E-state index in [4.69, 9.17) is 4.74 Å². The number of carbonyl (C=O) groups is 2. The van der Waals surface area contributed by atoms with Gasteiger partial charge in [-0.1, -0.05) is 0 Å².